The van der Waals surface area contributed by atoms with Crippen molar-refractivity contribution in [1.29, 1.82) is 0 Å². The molecule has 8 heteroatoms. The van der Waals surface area contributed by atoms with E-state index in [0.717, 1.165) is 24.3 Å². The smallest absolute Gasteiger partial charge is 0.191 e. The first-order valence-electron chi connectivity index (χ1n) is 7.69. The van der Waals surface area contributed by atoms with Gasteiger partial charge in [-0.15, -0.1) is 24.0 Å². The summed E-state index contributed by atoms with van der Waals surface area (Å²) >= 11 is 0. The minimum absolute atomic E-state index is 0. The first-order chi connectivity index (χ1) is 10.9. The van der Waals surface area contributed by atoms with Crippen molar-refractivity contribution in [2.75, 3.05) is 38.8 Å². The average Bonchev–Trinajstić information content (AvgIpc) is 2.46. The molecule has 0 unspecified atom stereocenters. The number of aryl methyl sites for hydroxylation is 1. The summed E-state index contributed by atoms with van der Waals surface area (Å²) in [4.78, 5) is 4.27. The standard InChI is InChI=1S/C16H27N3O3S.HI/c1-5-17-16(19-10-11-23(4,20)21)18-9-8-14-12-13(2)6-7-15(14)22-3;/h6-7,12H,5,8-11H2,1-4H3,(H2,17,18,19);1H. The topological polar surface area (TPSA) is 79.8 Å². The number of benzene rings is 1. The molecule has 138 valence electrons. The summed E-state index contributed by atoms with van der Waals surface area (Å²) in [6.45, 7) is 5.68. The molecule has 1 aromatic carbocycles. The number of nitrogens with zero attached hydrogens (tertiary/aromatic N) is 1. The summed E-state index contributed by atoms with van der Waals surface area (Å²) < 4.78 is 27.7. The van der Waals surface area contributed by atoms with Gasteiger partial charge in [0.25, 0.3) is 0 Å². The molecule has 24 heavy (non-hydrogen) atoms. The van der Waals surface area contributed by atoms with Gasteiger partial charge in [-0.25, -0.2) is 8.42 Å². The van der Waals surface area contributed by atoms with Gasteiger partial charge in [-0.05, 0) is 31.9 Å². The number of hydrogen-bond acceptors (Lipinski definition) is 4. The van der Waals surface area contributed by atoms with E-state index in [9.17, 15) is 8.42 Å². The molecule has 0 aliphatic heterocycles. The van der Waals surface area contributed by atoms with Crippen molar-refractivity contribution in [3.63, 3.8) is 0 Å². The number of aliphatic imine (C=N–C) groups is 1. The van der Waals surface area contributed by atoms with E-state index < -0.39 is 9.84 Å². The van der Waals surface area contributed by atoms with Crippen molar-refractivity contribution in [3.8, 4) is 5.75 Å². The molecule has 0 radical (unpaired) electrons. The van der Waals surface area contributed by atoms with Crippen LogP contribution in [0.15, 0.2) is 23.2 Å². The summed E-state index contributed by atoms with van der Waals surface area (Å²) in [5.41, 5.74) is 2.32. The zero-order chi connectivity index (χ0) is 17.3. The first-order valence-corrected chi connectivity index (χ1v) is 9.75. The lowest BCUT2D eigenvalue weighted by Crippen LogP contribution is -2.38. The molecule has 0 aromatic heterocycles. The molecule has 0 amide bonds. The second-order valence-electron chi connectivity index (χ2n) is 5.38. The van der Waals surface area contributed by atoms with Gasteiger partial charge >= 0.3 is 0 Å². The maximum Gasteiger partial charge on any atom is 0.191 e. The van der Waals surface area contributed by atoms with Gasteiger partial charge in [-0.1, -0.05) is 17.7 Å². The maximum absolute atomic E-state index is 11.1. The summed E-state index contributed by atoms with van der Waals surface area (Å²) in [6.07, 6.45) is 2.01. The van der Waals surface area contributed by atoms with Gasteiger partial charge in [0, 0.05) is 19.3 Å². The predicted octanol–water partition coefficient (Wildman–Crippen LogP) is 1.76. The Hall–Kier alpha value is -1.03. The fraction of sp³-hybridized carbons (Fsp3) is 0.562. The van der Waals surface area contributed by atoms with Gasteiger partial charge in [0.1, 0.15) is 15.6 Å². The highest BCUT2D eigenvalue weighted by atomic mass is 127. The van der Waals surface area contributed by atoms with Crippen LogP contribution in [0.2, 0.25) is 0 Å². The number of rotatable bonds is 8. The number of guanidine groups is 1. The van der Waals surface area contributed by atoms with Crippen molar-refractivity contribution in [2.45, 2.75) is 20.3 Å². The molecule has 0 aliphatic carbocycles. The quantitative estimate of drug-likeness (QED) is 0.345. The highest BCUT2D eigenvalue weighted by molar-refractivity contribution is 14.0. The molecule has 2 N–H and O–H groups in total. The van der Waals surface area contributed by atoms with E-state index in [4.69, 9.17) is 4.74 Å². The molecule has 0 bridgehead atoms. The van der Waals surface area contributed by atoms with Crippen molar-refractivity contribution in [1.82, 2.24) is 10.6 Å². The fourth-order valence-corrected chi connectivity index (χ4v) is 2.51. The van der Waals surface area contributed by atoms with E-state index in [2.05, 4.69) is 21.7 Å². The lowest BCUT2D eigenvalue weighted by Gasteiger charge is -2.13. The molecule has 0 saturated heterocycles. The molecule has 6 nitrogen and oxygen atoms in total. The van der Waals surface area contributed by atoms with Crippen LogP contribution in [0.5, 0.6) is 5.75 Å². The zero-order valence-electron chi connectivity index (χ0n) is 14.8. The summed E-state index contributed by atoms with van der Waals surface area (Å²) in [5.74, 6) is 1.55. The number of hydrogen-bond donors (Lipinski definition) is 2. The van der Waals surface area contributed by atoms with Crippen LogP contribution in [-0.2, 0) is 16.3 Å². The number of methoxy groups -OCH3 is 1. The molecule has 1 rings (SSSR count). The van der Waals surface area contributed by atoms with Gasteiger partial charge < -0.3 is 15.4 Å². The first kappa shape index (κ1) is 23.0. The van der Waals surface area contributed by atoms with Crippen LogP contribution >= 0.6 is 24.0 Å². The Bertz CT molecular complexity index is 633. The maximum atomic E-state index is 11.1. The lowest BCUT2D eigenvalue weighted by atomic mass is 10.1. The van der Waals surface area contributed by atoms with E-state index in [-0.39, 0.29) is 36.3 Å². The van der Waals surface area contributed by atoms with Crippen molar-refractivity contribution in [2.24, 2.45) is 4.99 Å². The molecule has 0 saturated carbocycles. The number of halogens is 1. The Morgan fingerprint density at radius 3 is 2.58 bits per heavy atom. The number of ether oxygens (including phenoxy) is 1. The Balaban J connectivity index is 0.00000529. The van der Waals surface area contributed by atoms with E-state index in [0.29, 0.717) is 12.5 Å². The van der Waals surface area contributed by atoms with Crippen LogP contribution in [0.4, 0.5) is 0 Å². The van der Waals surface area contributed by atoms with Crippen LogP contribution in [0.1, 0.15) is 18.1 Å². The molecule has 0 fully saturated rings. The minimum Gasteiger partial charge on any atom is -0.496 e. The van der Waals surface area contributed by atoms with Crippen molar-refractivity contribution >= 4 is 39.8 Å². The monoisotopic (exact) mass is 469 g/mol. The third-order valence-corrected chi connectivity index (χ3v) is 4.12. The van der Waals surface area contributed by atoms with Crippen LogP contribution < -0.4 is 15.4 Å². The Kier molecular flexibility index (Phi) is 11.0. The molecule has 0 heterocycles. The van der Waals surface area contributed by atoms with E-state index in [1.165, 1.54) is 11.8 Å². The third kappa shape index (κ3) is 9.31. The highest BCUT2D eigenvalue weighted by Gasteiger charge is 2.05. The van der Waals surface area contributed by atoms with Crippen molar-refractivity contribution < 1.29 is 13.2 Å². The third-order valence-electron chi connectivity index (χ3n) is 3.20. The normalized spacial score (nSPS) is 11.6. The Morgan fingerprint density at radius 1 is 1.29 bits per heavy atom. The molecule has 0 atom stereocenters. The summed E-state index contributed by atoms with van der Waals surface area (Å²) in [6, 6.07) is 6.09. The zero-order valence-corrected chi connectivity index (χ0v) is 17.9. The molecule has 0 aliphatic rings. The Morgan fingerprint density at radius 2 is 2.00 bits per heavy atom. The van der Waals surface area contributed by atoms with Crippen LogP contribution in [-0.4, -0.2) is 53.1 Å². The highest BCUT2D eigenvalue weighted by Crippen LogP contribution is 2.19. The van der Waals surface area contributed by atoms with Crippen LogP contribution in [0.3, 0.4) is 0 Å². The molecule has 1 aromatic rings. The molecular weight excluding hydrogens is 441 g/mol. The number of sulfone groups is 1. The van der Waals surface area contributed by atoms with Crippen molar-refractivity contribution in [3.05, 3.63) is 29.3 Å². The van der Waals surface area contributed by atoms with E-state index >= 15 is 0 Å². The van der Waals surface area contributed by atoms with Gasteiger partial charge in [-0.3, -0.25) is 4.99 Å². The van der Waals surface area contributed by atoms with Crippen LogP contribution in [0, 0.1) is 6.92 Å². The largest absolute Gasteiger partial charge is 0.496 e. The van der Waals surface area contributed by atoms with Gasteiger partial charge in [0.05, 0.1) is 19.4 Å². The minimum atomic E-state index is -2.99. The van der Waals surface area contributed by atoms with Crippen LogP contribution in [0.25, 0.3) is 0 Å². The summed E-state index contributed by atoms with van der Waals surface area (Å²) in [5, 5.41) is 6.32. The second-order valence-corrected chi connectivity index (χ2v) is 7.64. The fourth-order valence-electron chi connectivity index (χ4n) is 2.08. The molecular formula is C16H28IN3O3S. The average molecular weight is 469 g/mol. The predicted molar refractivity (Wildman–Crippen MR) is 111 cm³/mol. The van der Waals surface area contributed by atoms with E-state index in [1.807, 2.05) is 26.0 Å². The van der Waals surface area contributed by atoms with Gasteiger partial charge in [0.2, 0.25) is 0 Å². The molecule has 0 spiro atoms. The second kappa shape index (κ2) is 11.5. The van der Waals surface area contributed by atoms with Gasteiger partial charge in [0.15, 0.2) is 5.96 Å². The summed E-state index contributed by atoms with van der Waals surface area (Å²) in [7, 11) is -1.33. The Labute approximate surface area is 162 Å². The lowest BCUT2D eigenvalue weighted by molar-refractivity contribution is 0.409. The van der Waals surface area contributed by atoms with E-state index in [1.54, 1.807) is 7.11 Å². The SMILES string of the molecule is CCNC(=NCCS(C)(=O)=O)NCCc1cc(C)ccc1OC.I. The number of nitrogens with one attached hydrogen (secondary N) is 2. The van der Waals surface area contributed by atoms with Gasteiger partial charge in [-0.2, -0.15) is 0 Å².